The van der Waals surface area contributed by atoms with Crippen molar-refractivity contribution in [2.45, 2.75) is 32.8 Å². The molecule has 1 saturated carbocycles. The summed E-state index contributed by atoms with van der Waals surface area (Å²) in [5.41, 5.74) is 1.50. The first-order valence-corrected chi connectivity index (χ1v) is 6.58. The lowest BCUT2D eigenvalue weighted by Crippen LogP contribution is -2.60. The molecule has 0 aromatic carbocycles. The van der Waals surface area contributed by atoms with Gasteiger partial charge in [0.1, 0.15) is 0 Å². The normalized spacial score (nSPS) is 23.0. The maximum absolute atomic E-state index is 10.1. The van der Waals surface area contributed by atoms with Crippen molar-refractivity contribution in [3.8, 4) is 0 Å². The van der Waals surface area contributed by atoms with Crippen molar-refractivity contribution in [3.63, 3.8) is 0 Å². The fourth-order valence-corrected chi connectivity index (χ4v) is 2.87. The SMILES string of the molecule is CC.OC(c1cccnc1)C1CC2(CNC2)C1. The molecule has 3 heteroatoms. The number of aromatic nitrogens is 1. The van der Waals surface area contributed by atoms with Crippen molar-refractivity contribution < 1.29 is 5.11 Å². The van der Waals surface area contributed by atoms with E-state index in [1.807, 2.05) is 26.0 Å². The van der Waals surface area contributed by atoms with Crippen LogP contribution in [0.3, 0.4) is 0 Å². The maximum atomic E-state index is 10.1. The number of hydrogen-bond acceptors (Lipinski definition) is 3. The largest absolute Gasteiger partial charge is 0.388 e. The van der Waals surface area contributed by atoms with Gasteiger partial charge in [-0.15, -0.1) is 0 Å². The second kappa shape index (κ2) is 5.15. The highest BCUT2D eigenvalue weighted by molar-refractivity contribution is 5.16. The molecule has 1 aliphatic heterocycles. The van der Waals surface area contributed by atoms with E-state index in [0.717, 1.165) is 31.5 Å². The second-order valence-corrected chi connectivity index (χ2v) is 5.00. The molecule has 1 aliphatic carbocycles. The maximum Gasteiger partial charge on any atom is 0.0833 e. The van der Waals surface area contributed by atoms with Crippen molar-refractivity contribution in [1.29, 1.82) is 0 Å². The van der Waals surface area contributed by atoms with Crippen molar-refractivity contribution >= 4 is 0 Å². The monoisotopic (exact) mass is 234 g/mol. The topological polar surface area (TPSA) is 45.2 Å². The van der Waals surface area contributed by atoms with Gasteiger partial charge in [0.25, 0.3) is 0 Å². The molecular weight excluding hydrogens is 212 g/mol. The minimum Gasteiger partial charge on any atom is -0.388 e. The minimum absolute atomic E-state index is 0.315. The van der Waals surface area contributed by atoms with Gasteiger partial charge in [0, 0.05) is 25.5 Å². The van der Waals surface area contributed by atoms with Crippen LogP contribution in [0.4, 0.5) is 0 Å². The van der Waals surface area contributed by atoms with Crippen molar-refractivity contribution in [2.24, 2.45) is 11.3 Å². The Morgan fingerprint density at radius 3 is 2.59 bits per heavy atom. The van der Waals surface area contributed by atoms with Gasteiger partial charge in [0.15, 0.2) is 0 Å². The zero-order chi connectivity index (χ0) is 12.3. The molecule has 1 saturated heterocycles. The lowest BCUT2D eigenvalue weighted by Gasteiger charge is -2.55. The van der Waals surface area contributed by atoms with Crippen LogP contribution >= 0.6 is 0 Å². The second-order valence-electron chi connectivity index (χ2n) is 5.00. The molecule has 2 N–H and O–H groups in total. The highest BCUT2D eigenvalue weighted by atomic mass is 16.3. The standard InChI is InChI=1S/C12H16N2O.C2H6/c15-11(9-2-1-3-13-6-9)10-4-12(5-10)7-14-8-12;1-2/h1-3,6,10-11,14-15H,4-5,7-8H2;1-2H3. The first kappa shape index (κ1) is 12.5. The summed E-state index contributed by atoms with van der Waals surface area (Å²) in [6, 6.07) is 3.85. The van der Waals surface area contributed by atoms with E-state index in [1.165, 1.54) is 0 Å². The van der Waals surface area contributed by atoms with Crippen LogP contribution in [0.5, 0.6) is 0 Å². The molecule has 1 atom stereocenters. The predicted octanol–water partition coefficient (Wildman–Crippen LogP) is 2.14. The van der Waals surface area contributed by atoms with Crippen LogP contribution in [0.2, 0.25) is 0 Å². The molecule has 1 spiro atoms. The average Bonchev–Trinajstić information content (AvgIpc) is 2.29. The molecule has 0 amide bonds. The van der Waals surface area contributed by atoms with Gasteiger partial charge < -0.3 is 10.4 Å². The van der Waals surface area contributed by atoms with Crippen molar-refractivity contribution in [1.82, 2.24) is 10.3 Å². The molecule has 94 valence electrons. The van der Waals surface area contributed by atoms with E-state index >= 15 is 0 Å². The van der Waals surface area contributed by atoms with Gasteiger partial charge in [-0.3, -0.25) is 4.98 Å². The lowest BCUT2D eigenvalue weighted by atomic mass is 9.56. The Morgan fingerprint density at radius 2 is 2.12 bits per heavy atom. The molecule has 3 rings (SSSR count). The number of nitrogens with one attached hydrogen (secondary N) is 1. The Labute approximate surface area is 103 Å². The number of nitrogens with zero attached hydrogens (tertiary/aromatic N) is 1. The van der Waals surface area contributed by atoms with Crippen LogP contribution in [-0.4, -0.2) is 23.2 Å². The molecule has 3 nitrogen and oxygen atoms in total. The third-order valence-electron chi connectivity index (χ3n) is 3.86. The number of aliphatic hydroxyl groups is 1. The molecule has 17 heavy (non-hydrogen) atoms. The summed E-state index contributed by atoms with van der Waals surface area (Å²) in [4.78, 5) is 4.04. The van der Waals surface area contributed by atoms with Crippen LogP contribution in [0.25, 0.3) is 0 Å². The number of rotatable bonds is 2. The van der Waals surface area contributed by atoms with Gasteiger partial charge in [-0.1, -0.05) is 19.9 Å². The van der Waals surface area contributed by atoms with Crippen LogP contribution in [0.15, 0.2) is 24.5 Å². The van der Waals surface area contributed by atoms with Crippen LogP contribution in [0.1, 0.15) is 38.4 Å². The Kier molecular flexibility index (Phi) is 3.79. The fourth-order valence-electron chi connectivity index (χ4n) is 2.87. The van der Waals surface area contributed by atoms with E-state index in [9.17, 15) is 5.11 Å². The Morgan fingerprint density at radius 1 is 1.41 bits per heavy atom. The molecule has 1 aromatic heterocycles. The summed E-state index contributed by atoms with van der Waals surface area (Å²) in [7, 11) is 0. The number of aliphatic hydroxyl groups excluding tert-OH is 1. The van der Waals surface area contributed by atoms with Gasteiger partial charge in [-0.2, -0.15) is 0 Å². The van der Waals surface area contributed by atoms with E-state index in [1.54, 1.807) is 12.4 Å². The predicted molar refractivity (Wildman–Crippen MR) is 68.6 cm³/mol. The molecule has 1 aromatic rings. The Balaban J connectivity index is 0.000000514. The van der Waals surface area contributed by atoms with Gasteiger partial charge in [-0.25, -0.2) is 0 Å². The molecule has 2 heterocycles. The van der Waals surface area contributed by atoms with Crippen LogP contribution < -0.4 is 5.32 Å². The van der Waals surface area contributed by atoms with E-state index in [4.69, 9.17) is 0 Å². The Hall–Kier alpha value is -0.930. The molecule has 0 radical (unpaired) electrons. The quantitative estimate of drug-likeness (QED) is 0.824. The fraction of sp³-hybridized carbons (Fsp3) is 0.643. The first-order valence-electron chi connectivity index (χ1n) is 6.58. The summed E-state index contributed by atoms with van der Waals surface area (Å²) < 4.78 is 0. The molecule has 0 bridgehead atoms. The van der Waals surface area contributed by atoms with E-state index in [2.05, 4.69) is 10.3 Å². The lowest BCUT2D eigenvalue weighted by molar-refractivity contribution is -0.0642. The van der Waals surface area contributed by atoms with Crippen molar-refractivity contribution in [3.05, 3.63) is 30.1 Å². The third kappa shape index (κ3) is 2.35. The molecule has 1 unspecified atom stereocenters. The average molecular weight is 234 g/mol. The summed E-state index contributed by atoms with van der Waals surface area (Å²) in [5, 5.41) is 13.4. The van der Waals surface area contributed by atoms with Gasteiger partial charge in [0.2, 0.25) is 0 Å². The minimum atomic E-state index is -0.315. The number of hydrogen-bond donors (Lipinski definition) is 2. The zero-order valence-corrected chi connectivity index (χ0v) is 10.7. The highest BCUT2D eigenvalue weighted by Crippen LogP contribution is 2.52. The smallest absolute Gasteiger partial charge is 0.0833 e. The van der Waals surface area contributed by atoms with Crippen LogP contribution in [-0.2, 0) is 0 Å². The number of pyridine rings is 1. The Bertz CT molecular complexity index is 340. The third-order valence-corrected chi connectivity index (χ3v) is 3.86. The summed E-state index contributed by atoms with van der Waals surface area (Å²) in [5.74, 6) is 0.441. The zero-order valence-electron chi connectivity index (χ0n) is 10.7. The summed E-state index contributed by atoms with van der Waals surface area (Å²) in [6.45, 7) is 6.28. The molecular formula is C14H22N2O. The van der Waals surface area contributed by atoms with Gasteiger partial charge in [-0.05, 0) is 35.8 Å². The van der Waals surface area contributed by atoms with E-state index in [-0.39, 0.29) is 6.10 Å². The van der Waals surface area contributed by atoms with E-state index < -0.39 is 0 Å². The summed E-state index contributed by atoms with van der Waals surface area (Å²) >= 11 is 0. The molecule has 2 aliphatic rings. The first-order chi connectivity index (χ1) is 8.29. The van der Waals surface area contributed by atoms with Crippen molar-refractivity contribution in [2.75, 3.05) is 13.1 Å². The van der Waals surface area contributed by atoms with E-state index in [0.29, 0.717) is 11.3 Å². The molecule has 2 fully saturated rings. The highest BCUT2D eigenvalue weighted by Gasteiger charge is 2.50. The van der Waals surface area contributed by atoms with Crippen LogP contribution in [0, 0.1) is 11.3 Å². The van der Waals surface area contributed by atoms with Gasteiger partial charge in [0.05, 0.1) is 6.10 Å². The summed E-state index contributed by atoms with van der Waals surface area (Å²) in [6.07, 6.45) is 5.53. The van der Waals surface area contributed by atoms with Gasteiger partial charge >= 0.3 is 0 Å².